The maximum atomic E-state index is 4.27. The molecule has 0 aliphatic rings. The van der Waals surface area contributed by atoms with Crippen molar-refractivity contribution < 1.29 is 0 Å². The molecule has 0 aliphatic heterocycles. The van der Waals surface area contributed by atoms with Crippen LogP contribution in [0.3, 0.4) is 0 Å². The van der Waals surface area contributed by atoms with Gasteiger partial charge in [-0.15, -0.1) is 11.8 Å². The zero-order valence-corrected chi connectivity index (χ0v) is 13.2. The Bertz CT molecular complexity index is 512. The van der Waals surface area contributed by atoms with Gasteiger partial charge in [0, 0.05) is 18.0 Å². The highest BCUT2D eigenvalue weighted by Crippen LogP contribution is 2.19. The average Bonchev–Trinajstić information content (AvgIpc) is 2.85. The van der Waals surface area contributed by atoms with Crippen LogP contribution in [0.15, 0.2) is 41.6 Å². The number of hydrogen-bond donors (Lipinski definition) is 0. The van der Waals surface area contributed by atoms with Crippen molar-refractivity contribution in [3.05, 3.63) is 42.5 Å². The van der Waals surface area contributed by atoms with Crippen molar-refractivity contribution in [1.82, 2.24) is 19.7 Å². The minimum absolute atomic E-state index is 0.530. The lowest BCUT2D eigenvalue weighted by Crippen LogP contribution is -2.30. The Labute approximate surface area is 125 Å². The Morgan fingerprint density at radius 1 is 1.30 bits per heavy atom. The van der Waals surface area contributed by atoms with Crippen molar-refractivity contribution in [3.63, 3.8) is 0 Å². The van der Waals surface area contributed by atoms with E-state index >= 15 is 0 Å². The van der Waals surface area contributed by atoms with Gasteiger partial charge in [0.25, 0.3) is 0 Å². The van der Waals surface area contributed by atoms with E-state index in [1.165, 1.54) is 4.90 Å². The zero-order valence-electron chi connectivity index (χ0n) is 12.4. The molecule has 5 heteroatoms. The van der Waals surface area contributed by atoms with E-state index in [9.17, 15) is 0 Å². The molecular formula is C15H22N4S. The summed E-state index contributed by atoms with van der Waals surface area (Å²) in [5, 5.41) is 4.11. The van der Waals surface area contributed by atoms with E-state index in [2.05, 4.69) is 59.3 Å². The third-order valence-corrected chi connectivity index (χ3v) is 4.54. The SMILES string of the molecule is C[C@H](CCSc1ccccc1)N(C)Cc1ncnn1C. The van der Waals surface area contributed by atoms with Gasteiger partial charge in [0.1, 0.15) is 12.2 Å². The maximum absolute atomic E-state index is 4.27. The van der Waals surface area contributed by atoms with Crippen molar-refractivity contribution in [2.24, 2.45) is 7.05 Å². The summed E-state index contributed by atoms with van der Waals surface area (Å²) >= 11 is 1.92. The molecule has 0 amide bonds. The predicted molar refractivity (Wildman–Crippen MR) is 83.7 cm³/mol. The van der Waals surface area contributed by atoms with E-state index < -0.39 is 0 Å². The highest BCUT2D eigenvalue weighted by atomic mass is 32.2. The standard InChI is InChI=1S/C15H22N4S/c1-13(9-10-20-14-7-5-4-6-8-14)18(2)11-15-16-12-17-19(15)3/h4-8,12-13H,9-11H2,1-3H3/t13-/m1/s1. The van der Waals surface area contributed by atoms with E-state index in [0.717, 1.165) is 24.5 Å². The molecule has 0 saturated carbocycles. The smallest absolute Gasteiger partial charge is 0.140 e. The molecule has 0 spiro atoms. The van der Waals surface area contributed by atoms with Gasteiger partial charge in [-0.1, -0.05) is 18.2 Å². The topological polar surface area (TPSA) is 34.0 Å². The molecule has 0 radical (unpaired) electrons. The summed E-state index contributed by atoms with van der Waals surface area (Å²) in [4.78, 5) is 7.94. The van der Waals surface area contributed by atoms with E-state index in [4.69, 9.17) is 0 Å². The van der Waals surface area contributed by atoms with Crippen LogP contribution in [0.2, 0.25) is 0 Å². The van der Waals surface area contributed by atoms with Crippen molar-refractivity contribution in [2.75, 3.05) is 12.8 Å². The highest BCUT2D eigenvalue weighted by molar-refractivity contribution is 7.99. The zero-order chi connectivity index (χ0) is 14.4. The third-order valence-electron chi connectivity index (χ3n) is 3.50. The molecule has 0 unspecified atom stereocenters. The molecule has 0 saturated heterocycles. The second-order valence-electron chi connectivity index (χ2n) is 5.01. The van der Waals surface area contributed by atoms with Gasteiger partial charge in [-0.25, -0.2) is 4.98 Å². The average molecular weight is 290 g/mol. The predicted octanol–water partition coefficient (Wildman–Crippen LogP) is 2.82. The van der Waals surface area contributed by atoms with Gasteiger partial charge in [-0.2, -0.15) is 5.10 Å². The van der Waals surface area contributed by atoms with Crippen LogP contribution in [0.5, 0.6) is 0 Å². The van der Waals surface area contributed by atoms with Crippen LogP contribution in [0, 0.1) is 0 Å². The van der Waals surface area contributed by atoms with Gasteiger partial charge in [0.15, 0.2) is 0 Å². The number of benzene rings is 1. The van der Waals surface area contributed by atoms with E-state index in [1.54, 1.807) is 6.33 Å². The molecule has 4 nitrogen and oxygen atoms in total. The van der Waals surface area contributed by atoms with Crippen LogP contribution in [0.25, 0.3) is 0 Å². The van der Waals surface area contributed by atoms with Gasteiger partial charge < -0.3 is 0 Å². The van der Waals surface area contributed by atoms with Gasteiger partial charge in [0.05, 0.1) is 6.54 Å². The largest absolute Gasteiger partial charge is 0.296 e. The fraction of sp³-hybridized carbons (Fsp3) is 0.467. The summed E-state index contributed by atoms with van der Waals surface area (Å²) in [6.45, 7) is 3.11. The number of aromatic nitrogens is 3. The second-order valence-corrected chi connectivity index (χ2v) is 6.18. The molecule has 20 heavy (non-hydrogen) atoms. The first kappa shape index (κ1) is 15.1. The van der Waals surface area contributed by atoms with Crippen molar-refractivity contribution in [1.29, 1.82) is 0 Å². The monoisotopic (exact) mass is 290 g/mol. The molecule has 1 aromatic heterocycles. The molecule has 1 heterocycles. The Hall–Kier alpha value is -1.33. The lowest BCUT2D eigenvalue weighted by molar-refractivity contribution is 0.236. The van der Waals surface area contributed by atoms with Crippen LogP contribution in [0.4, 0.5) is 0 Å². The quantitative estimate of drug-likeness (QED) is 0.734. The Kier molecular flexibility index (Phi) is 5.61. The maximum Gasteiger partial charge on any atom is 0.140 e. The lowest BCUT2D eigenvalue weighted by atomic mass is 10.2. The number of thioether (sulfide) groups is 1. The highest BCUT2D eigenvalue weighted by Gasteiger charge is 2.12. The normalized spacial score (nSPS) is 12.8. The molecule has 0 N–H and O–H groups in total. The third kappa shape index (κ3) is 4.35. The Balaban J connectivity index is 1.74. The summed E-state index contributed by atoms with van der Waals surface area (Å²) in [5.74, 6) is 2.14. The summed E-state index contributed by atoms with van der Waals surface area (Å²) in [6.07, 6.45) is 2.77. The van der Waals surface area contributed by atoms with Gasteiger partial charge in [0.2, 0.25) is 0 Å². The molecule has 108 valence electrons. The Morgan fingerprint density at radius 3 is 2.70 bits per heavy atom. The molecule has 1 atom stereocenters. The molecule has 2 aromatic rings. The molecule has 0 aliphatic carbocycles. The minimum atomic E-state index is 0.530. The van der Waals surface area contributed by atoms with Gasteiger partial charge >= 0.3 is 0 Å². The van der Waals surface area contributed by atoms with E-state index in [0.29, 0.717) is 6.04 Å². The number of hydrogen-bond acceptors (Lipinski definition) is 4. The molecular weight excluding hydrogens is 268 g/mol. The van der Waals surface area contributed by atoms with Gasteiger partial charge in [-0.05, 0) is 38.3 Å². The first-order valence-electron chi connectivity index (χ1n) is 6.88. The summed E-state index contributed by atoms with van der Waals surface area (Å²) in [6, 6.07) is 11.1. The van der Waals surface area contributed by atoms with Crippen molar-refractivity contribution >= 4 is 11.8 Å². The van der Waals surface area contributed by atoms with Crippen LogP contribution in [-0.2, 0) is 13.6 Å². The summed E-state index contributed by atoms with van der Waals surface area (Å²) < 4.78 is 1.84. The van der Waals surface area contributed by atoms with Crippen LogP contribution >= 0.6 is 11.8 Å². The lowest BCUT2D eigenvalue weighted by Gasteiger charge is -2.23. The Morgan fingerprint density at radius 2 is 2.05 bits per heavy atom. The van der Waals surface area contributed by atoms with Crippen LogP contribution in [0.1, 0.15) is 19.2 Å². The first-order chi connectivity index (χ1) is 9.66. The van der Waals surface area contributed by atoms with Crippen LogP contribution in [-0.4, -0.2) is 38.5 Å². The van der Waals surface area contributed by atoms with Crippen molar-refractivity contribution in [2.45, 2.75) is 30.8 Å². The number of aryl methyl sites for hydroxylation is 1. The van der Waals surface area contributed by atoms with E-state index in [-0.39, 0.29) is 0 Å². The number of rotatable bonds is 7. The van der Waals surface area contributed by atoms with Gasteiger partial charge in [-0.3, -0.25) is 9.58 Å². The second kappa shape index (κ2) is 7.45. The fourth-order valence-corrected chi connectivity index (χ4v) is 2.97. The molecule has 0 fully saturated rings. The van der Waals surface area contributed by atoms with Crippen molar-refractivity contribution in [3.8, 4) is 0 Å². The fourth-order valence-electron chi connectivity index (χ4n) is 1.93. The van der Waals surface area contributed by atoms with E-state index in [1.807, 2.05) is 23.5 Å². The minimum Gasteiger partial charge on any atom is -0.296 e. The van der Waals surface area contributed by atoms with Crippen LogP contribution < -0.4 is 0 Å². The number of nitrogens with zero attached hydrogens (tertiary/aromatic N) is 4. The molecule has 0 bridgehead atoms. The molecule has 2 rings (SSSR count). The summed E-state index contributed by atoms with van der Waals surface area (Å²) in [7, 11) is 4.08. The molecule has 1 aromatic carbocycles. The summed E-state index contributed by atoms with van der Waals surface area (Å²) in [5.41, 5.74) is 0. The first-order valence-corrected chi connectivity index (χ1v) is 7.86.